The van der Waals surface area contributed by atoms with Crippen molar-refractivity contribution in [3.63, 3.8) is 0 Å². The fraction of sp³-hybridized carbons (Fsp3) is 0.417. The molecule has 32 heavy (non-hydrogen) atoms. The van der Waals surface area contributed by atoms with E-state index in [4.69, 9.17) is 0 Å². The maximum Gasteiger partial charge on any atom is 0.416 e. The average molecular weight is 449 g/mol. The summed E-state index contributed by atoms with van der Waals surface area (Å²) in [5, 5.41) is 5.86. The van der Waals surface area contributed by atoms with Gasteiger partial charge in [-0.05, 0) is 73.9 Å². The highest BCUT2D eigenvalue weighted by molar-refractivity contribution is 6.05. The number of hydrogen-bond donors (Lipinski definition) is 2. The van der Waals surface area contributed by atoms with E-state index >= 15 is 0 Å². The summed E-state index contributed by atoms with van der Waals surface area (Å²) >= 11 is 0. The Labute approximate surface area is 185 Å². The van der Waals surface area contributed by atoms with Gasteiger partial charge in [-0.3, -0.25) is 10.1 Å². The molecule has 0 radical (unpaired) electrons. The fourth-order valence-electron chi connectivity index (χ4n) is 3.78. The van der Waals surface area contributed by atoms with Gasteiger partial charge < -0.3 is 5.32 Å². The lowest BCUT2D eigenvalue weighted by atomic mass is 9.87. The standard InChI is InChI=1S/C24H27F4N3O/c1-15-7-10-19(11-8-15)30-23(31-22(32)17-9-12-21(25)16(2)13-17)29-14-18-5-3-4-6-20(18)24(26,27)28/h3-6,9,12-13,15,19H,7-8,10-11,14H2,1-2H3,(H2,29,30,31,32). The van der Waals surface area contributed by atoms with Crippen LogP contribution in [-0.2, 0) is 12.7 Å². The lowest BCUT2D eigenvalue weighted by Crippen LogP contribution is -2.47. The van der Waals surface area contributed by atoms with E-state index in [-0.39, 0.29) is 29.7 Å². The third-order valence-electron chi connectivity index (χ3n) is 5.74. The van der Waals surface area contributed by atoms with Gasteiger partial charge in [0.2, 0.25) is 0 Å². The summed E-state index contributed by atoms with van der Waals surface area (Å²) in [5.74, 6) is -0.196. The van der Waals surface area contributed by atoms with Crippen LogP contribution in [0.15, 0.2) is 47.5 Å². The van der Waals surface area contributed by atoms with E-state index in [9.17, 15) is 22.4 Å². The summed E-state index contributed by atoms with van der Waals surface area (Å²) in [6.45, 7) is 3.48. The Kier molecular flexibility index (Phi) is 7.53. The summed E-state index contributed by atoms with van der Waals surface area (Å²) in [6, 6.07) is 9.29. The zero-order valence-electron chi connectivity index (χ0n) is 18.1. The van der Waals surface area contributed by atoms with Crippen LogP contribution in [0.2, 0.25) is 0 Å². The molecule has 4 nitrogen and oxygen atoms in total. The Morgan fingerprint density at radius 1 is 1.09 bits per heavy atom. The summed E-state index contributed by atoms with van der Waals surface area (Å²) in [6.07, 6.45) is -0.691. The number of amides is 1. The second-order valence-electron chi connectivity index (χ2n) is 8.34. The molecule has 2 aromatic carbocycles. The molecule has 0 aliphatic heterocycles. The first-order valence-corrected chi connectivity index (χ1v) is 10.7. The Morgan fingerprint density at radius 3 is 2.44 bits per heavy atom. The van der Waals surface area contributed by atoms with Crippen LogP contribution in [0.1, 0.15) is 59.7 Å². The molecule has 1 fully saturated rings. The first-order valence-electron chi connectivity index (χ1n) is 10.7. The number of aliphatic imine (C=N–C) groups is 1. The van der Waals surface area contributed by atoms with Crippen LogP contribution in [-0.4, -0.2) is 17.9 Å². The second kappa shape index (κ2) is 10.1. The second-order valence-corrected chi connectivity index (χ2v) is 8.34. The van der Waals surface area contributed by atoms with Crippen molar-refractivity contribution < 1.29 is 22.4 Å². The van der Waals surface area contributed by atoms with Crippen LogP contribution in [0.5, 0.6) is 0 Å². The summed E-state index contributed by atoms with van der Waals surface area (Å²) in [5.41, 5.74) is -0.172. The molecule has 2 N–H and O–H groups in total. The number of nitrogens with one attached hydrogen (secondary N) is 2. The lowest BCUT2D eigenvalue weighted by molar-refractivity contribution is -0.138. The fourth-order valence-corrected chi connectivity index (χ4v) is 3.78. The molecule has 1 aliphatic carbocycles. The quantitative estimate of drug-likeness (QED) is 0.362. The normalized spacial score (nSPS) is 19.5. The van der Waals surface area contributed by atoms with Crippen molar-refractivity contribution in [3.05, 3.63) is 70.5 Å². The number of carbonyl (C=O) groups excluding carboxylic acids is 1. The predicted octanol–water partition coefficient (Wildman–Crippen LogP) is 5.61. The Balaban J connectivity index is 1.82. The highest BCUT2D eigenvalue weighted by Crippen LogP contribution is 2.32. The molecule has 0 bridgehead atoms. The Morgan fingerprint density at radius 2 is 1.78 bits per heavy atom. The molecule has 1 amide bonds. The van der Waals surface area contributed by atoms with Crippen molar-refractivity contribution in [1.29, 1.82) is 0 Å². The topological polar surface area (TPSA) is 53.5 Å². The molecule has 0 spiro atoms. The smallest absolute Gasteiger partial charge is 0.353 e. The number of guanidine groups is 1. The maximum atomic E-state index is 13.5. The van der Waals surface area contributed by atoms with Gasteiger partial charge in [0.25, 0.3) is 5.91 Å². The molecule has 0 unspecified atom stereocenters. The lowest BCUT2D eigenvalue weighted by Gasteiger charge is -2.28. The van der Waals surface area contributed by atoms with E-state index in [1.165, 1.54) is 36.4 Å². The van der Waals surface area contributed by atoms with Crippen LogP contribution < -0.4 is 10.6 Å². The number of nitrogens with zero attached hydrogens (tertiary/aromatic N) is 1. The summed E-state index contributed by atoms with van der Waals surface area (Å²) in [7, 11) is 0. The highest BCUT2D eigenvalue weighted by atomic mass is 19.4. The average Bonchev–Trinajstić information content (AvgIpc) is 2.75. The van der Waals surface area contributed by atoms with Crippen LogP contribution >= 0.6 is 0 Å². The SMILES string of the molecule is Cc1cc(C(=O)NC(=NCc2ccccc2C(F)(F)F)NC2CCC(C)CC2)ccc1F. The highest BCUT2D eigenvalue weighted by Gasteiger charge is 2.32. The first-order chi connectivity index (χ1) is 15.1. The van der Waals surface area contributed by atoms with E-state index in [0.717, 1.165) is 31.7 Å². The van der Waals surface area contributed by atoms with Gasteiger partial charge in [-0.1, -0.05) is 25.1 Å². The molecule has 0 aromatic heterocycles. The minimum atomic E-state index is -4.49. The third-order valence-corrected chi connectivity index (χ3v) is 5.74. The Hall–Kier alpha value is -2.90. The Bertz CT molecular complexity index is 979. The maximum absolute atomic E-state index is 13.5. The minimum Gasteiger partial charge on any atom is -0.353 e. The number of benzene rings is 2. The molecule has 172 valence electrons. The van der Waals surface area contributed by atoms with Gasteiger partial charge in [-0.25, -0.2) is 9.38 Å². The number of aryl methyl sites for hydroxylation is 1. The molecule has 0 atom stereocenters. The van der Waals surface area contributed by atoms with Gasteiger partial charge >= 0.3 is 6.18 Å². The van der Waals surface area contributed by atoms with Crippen LogP contribution in [0.4, 0.5) is 17.6 Å². The van der Waals surface area contributed by atoms with Crippen molar-refractivity contribution in [3.8, 4) is 0 Å². The molecule has 0 saturated heterocycles. The predicted molar refractivity (Wildman–Crippen MR) is 116 cm³/mol. The van der Waals surface area contributed by atoms with Crippen molar-refractivity contribution in [2.45, 2.75) is 58.3 Å². The minimum absolute atomic E-state index is 0.0171. The number of rotatable bonds is 4. The van der Waals surface area contributed by atoms with E-state index in [1.807, 2.05) is 0 Å². The molecule has 1 saturated carbocycles. The number of hydrogen-bond acceptors (Lipinski definition) is 2. The largest absolute Gasteiger partial charge is 0.416 e. The van der Waals surface area contributed by atoms with E-state index in [2.05, 4.69) is 22.5 Å². The van der Waals surface area contributed by atoms with Crippen molar-refractivity contribution in [2.75, 3.05) is 0 Å². The molecular weight excluding hydrogens is 422 g/mol. The van der Waals surface area contributed by atoms with Gasteiger partial charge in [-0.2, -0.15) is 13.2 Å². The van der Waals surface area contributed by atoms with Crippen molar-refractivity contribution >= 4 is 11.9 Å². The van der Waals surface area contributed by atoms with Gasteiger partial charge in [0.05, 0.1) is 12.1 Å². The summed E-state index contributed by atoms with van der Waals surface area (Å²) in [4.78, 5) is 17.0. The third kappa shape index (κ3) is 6.31. The zero-order chi connectivity index (χ0) is 23.3. The van der Waals surface area contributed by atoms with E-state index in [0.29, 0.717) is 11.5 Å². The zero-order valence-corrected chi connectivity index (χ0v) is 18.1. The molecule has 3 rings (SSSR count). The molecule has 0 heterocycles. The molecule has 1 aliphatic rings. The molecule has 2 aromatic rings. The number of halogens is 4. The van der Waals surface area contributed by atoms with Gasteiger partial charge in [-0.15, -0.1) is 0 Å². The van der Waals surface area contributed by atoms with E-state index < -0.39 is 23.5 Å². The molecular formula is C24H27F4N3O. The van der Waals surface area contributed by atoms with E-state index in [1.54, 1.807) is 6.92 Å². The van der Waals surface area contributed by atoms with Crippen LogP contribution in [0.25, 0.3) is 0 Å². The van der Waals surface area contributed by atoms with Gasteiger partial charge in [0, 0.05) is 11.6 Å². The molecule has 8 heteroatoms. The monoisotopic (exact) mass is 449 g/mol. The van der Waals surface area contributed by atoms with Crippen LogP contribution in [0.3, 0.4) is 0 Å². The van der Waals surface area contributed by atoms with Gasteiger partial charge in [0.15, 0.2) is 5.96 Å². The summed E-state index contributed by atoms with van der Waals surface area (Å²) < 4.78 is 53.5. The number of carbonyl (C=O) groups is 1. The van der Waals surface area contributed by atoms with Gasteiger partial charge in [0.1, 0.15) is 5.82 Å². The van der Waals surface area contributed by atoms with Crippen LogP contribution in [0, 0.1) is 18.7 Å². The van der Waals surface area contributed by atoms with Crippen molar-refractivity contribution in [1.82, 2.24) is 10.6 Å². The first kappa shape index (κ1) is 23.8. The number of alkyl halides is 3. The van der Waals surface area contributed by atoms with Crippen molar-refractivity contribution in [2.24, 2.45) is 10.9 Å².